The van der Waals surface area contributed by atoms with E-state index >= 15 is 0 Å². The third-order valence-electron chi connectivity index (χ3n) is 4.47. The fraction of sp³-hybridized carbons (Fsp3) is 0.0909. The van der Waals surface area contributed by atoms with Crippen LogP contribution in [0.2, 0.25) is 0 Å². The number of benzene rings is 1. The molecule has 0 fully saturated rings. The highest BCUT2D eigenvalue weighted by molar-refractivity contribution is 5.93. The third-order valence-corrected chi connectivity index (χ3v) is 4.47. The number of aromatic nitrogens is 4. The average Bonchev–Trinajstić information content (AvgIpc) is 3.28. The third kappa shape index (κ3) is 3.98. The first-order valence-electron chi connectivity index (χ1n) is 9.07. The first-order chi connectivity index (χ1) is 14.3. The number of pyridine rings is 2. The number of methoxy groups -OCH3 is 1. The highest BCUT2D eigenvalue weighted by Gasteiger charge is 2.14. The smallest absolute Gasteiger partial charge is 0.269 e. The molecule has 144 valence electrons. The Balaban J connectivity index is 1.50. The van der Waals surface area contributed by atoms with Gasteiger partial charge in [-0.05, 0) is 42.0 Å². The van der Waals surface area contributed by atoms with E-state index in [0.717, 1.165) is 22.4 Å². The molecule has 1 aromatic carbocycles. The summed E-state index contributed by atoms with van der Waals surface area (Å²) >= 11 is 0. The van der Waals surface area contributed by atoms with Crippen molar-refractivity contribution in [1.82, 2.24) is 25.5 Å². The van der Waals surface area contributed by atoms with Crippen LogP contribution in [0, 0.1) is 0 Å². The molecule has 0 aliphatic rings. The molecule has 7 heteroatoms. The molecule has 0 radical (unpaired) electrons. The Labute approximate surface area is 167 Å². The molecule has 0 unspecified atom stereocenters. The average molecular weight is 385 g/mol. The molecule has 7 nitrogen and oxygen atoms in total. The van der Waals surface area contributed by atoms with E-state index in [2.05, 4.69) is 25.5 Å². The van der Waals surface area contributed by atoms with E-state index < -0.39 is 0 Å². The molecule has 0 spiro atoms. The second-order valence-corrected chi connectivity index (χ2v) is 6.30. The van der Waals surface area contributed by atoms with E-state index in [0.29, 0.717) is 23.7 Å². The summed E-state index contributed by atoms with van der Waals surface area (Å²) in [6, 6.07) is 16.8. The van der Waals surface area contributed by atoms with Crippen molar-refractivity contribution in [3.8, 4) is 28.3 Å². The number of carbonyl (C=O) groups excluding carboxylic acids is 1. The molecule has 4 rings (SSSR count). The zero-order chi connectivity index (χ0) is 20.1. The molecule has 3 aromatic heterocycles. The lowest BCUT2D eigenvalue weighted by Gasteiger charge is -2.09. The molecule has 0 saturated carbocycles. The van der Waals surface area contributed by atoms with Crippen LogP contribution < -0.4 is 10.1 Å². The second-order valence-electron chi connectivity index (χ2n) is 6.30. The maximum absolute atomic E-state index is 12.6. The van der Waals surface area contributed by atoms with Gasteiger partial charge in [0, 0.05) is 36.3 Å². The molecule has 0 atom stereocenters. The lowest BCUT2D eigenvalue weighted by atomic mass is 10.1. The fourth-order valence-corrected chi connectivity index (χ4v) is 3.05. The van der Waals surface area contributed by atoms with Gasteiger partial charge >= 0.3 is 0 Å². The highest BCUT2D eigenvalue weighted by Crippen LogP contribution is 2.28. The van der Waals surface area contributed by atoms with Gasteiger partial charge in [0.05, 0.1) is 18.5 Å². The number of H-pyrrole nitrogens is 1. The minimum atomic E-state index is -0.250. The van der Waals surface area contributed by atoms with E-state index in [1.165, 1.54) is 0 Å². The molecular formula is C22H19N5O2. The van der Waals surface area contributed by atoms with Gasteiger partial charge in [-0.3, -0.25) is 19.9 Å². The van der Waals surface area contributed by atoms with Crippen molar-refractivity contribution in [3.05, 3.63) is 84.4 Å². The van der Waals surface area contributed by atoms with Crippen LogP contribution in [0.3, 0.4) is 0 Å². The molecule has 0 bridgehead atoms. The Morgan fingerprint density at radius 3 is 2.79 bits per heavy atom. The van der Waals surface area contributed by atoms with Crippen molar-refractivity contribution >= 4 is 5.91 Å². The number of nitrogens with one attached hydrogen (secondary N) is 2. The second kappa shape index (κ2) is 8.35. The number of para-hydroxylation sites is 1. The van der Waals surface area contributed by atoms with Crippen LogP contribution >= 0.6 is 0 Å². The van der Waals surface area contributed by atoms with Crippen LogP contribution in [0.5, 0.6) is 5.75 Å². The summed E-state index contributed by atoms with van der Waals surface area (Å²) in [7, 11) is 1.60. The van der Waals surface area contributed by atoms with Crippen molar-refractivity contribution in [2.24, 2.45) is 0 Å². The van der Waals surface area contributed by atoms with Gasteiger partial charge in [0.25, 0.3) is 5.91 Å². The number of hydrogen-bond acceptors (Lipinski definition) is 5. The Hall–Kier alpha value is -4.00. The van der Waals surface area contributed by atoms with Crippen LogP contribution in [-0.2, 0) is 6.54 Å². The van der Waals surface area contributed by atoms with E-state index in [9.17, 15) is 4.79 Å². The molecule has 29 heavy (non-hydrogen) atoms. The molecule has 4 aromatic rings. The minimum absolute atomic E-state index is 0.250. The van der Waals surface area contributed by atoms with E-state index in [-0.39, 0.29) is 5.91 Å². The van der Waals surface area contributed by atoms with Crippen LogP contribution in [-0.4, -0.2) is 33.2 Å². The summed E-state index contributed by atoms with van der Waals surface area (Å²) in [5, 5.41) is 9.96. The lowest BCUT2D eigenvalue weighted by Crippen LogP contribution is -2.23. The number of aromatic amines is 1. The summed E-state index contributed by atoms with van der Waals surface area (Å²) in [4.78, 5) is 21.2. The SMILES string of the molecule is COc1ccccc1-c1cc(C(=O)NCc2cccnc2-c2cccnc2)[nH]n1. The van der Waals surface area contributed by atoms with E-state index in [1.807, 2.05) is 48.5 Å². The zero-order valence-corrected chi connectivity index (χ0v) is 15.8. The van der Waals surface area contributed by atoms with Gasteiger partial charge in [-0.25, -0.2) is 0 Å². The van der Waals surface area contributed by atoms with Gasteiger partial charge in [0.2, 0.25) is 0 Å². The lowest BCUT2D eigenvalue weighted by molar-refractivity contribution is 0.0946. The van der Waals surface area contributed by atoms with Crippen LogP contribution in [0.25, 0.3) is 22.5 Å². The van der Waals surface area contributed by atoms with Crippen molar-refractivity contribution in [2.75, 3.05) is 7.11 Å². The Morgan fingerprint density at radius 2 is 1.97 bits per heavy atom. The number of nitrogens with zero attached hydrogens (tertiary/aromatic N) is 3. The summed E-state index contributed by atoms with van der Waals surface area (Å²) in [6.07, 6.45) is 5.19. The Morgan fingerprint density at radius 1 is 1.10 bits per heavy atom. The fourth-order valence-electron chi connectivity index (χ4n) is 3.05. The minimum Gasteiger partial charge on any atom is -0.496 e. The van der Waals surface area contributed by atoms with Gasteiger partial charge < -0.3 is 10.1 Å². The highest BCUT2D eigenvalue weighted by atomic mass is 16.5. The number of hydrogen-bond donors (Lipinski definition) is 2. The van der Waals surface area contributed by atoms with Crippen molar-refractivity contribution < 1.29 is 9.53 Å². The van der Waals surface area contributed by atoms with E-state index in [1.54, 1.807) is 31.8 Å². The predicted octanol–water partition coefficient (Wildman–Crippen LogP) is 3.47. The number of amides is 1. The summed E-state index contributed by atoms with van der Waals surface area (Å²) < 4.78 is 5.36. The van der Waals surface area contributed by atoms with Gasteiger partial charge in [-0.2, -0.15) is 5.10 Å². The number of rotatable bonds is 6. The number of carbonyl (C=O) groups is 1. The summed E-state index contributed by atoms with van der Waals surface area (Å²) in [5.41, 5.74) is 4.43. The van der Waals surface area contributed by atoms with Crippen molar-refractivity contribution in [1.29, 1.82) is 0 Å². The summed E-state index contributed by atoms with van der Waals surface area (Å²) in [5.74, 6) is 0.446. The Kier molecular flexibility index (Phi) is 5.29. The molecule has 0 saturated heterocycles. The quantitative estimate of drug-likeness (QED) is 0.530. The van der Waals surface area contributed by atoms with Crippen molar-refractivity contribution in [2.45, 2.75) is 6.54 Å². The molecule has 2 N–H and O–H groups in total. The monoisotopic (exact) mass is 385 g/mol. The number of ether oxygens (including phenoxy) is 1. The van der Waals surface area contributed by atoms with Gasteiger partial charge in [0.15, 0.2) is 0 Å². The topological polar surface area (TPSA) is 92.8 Å². The predicted molar refractivity (Wildman–Crippen MR) is 109 cm³/mol. The maximum atomic E-state index is 12.6. The first kappa shape index (κ1) is 18.4. The molecule has 0 aliphatic heterocycles. The van der Waals surface area contributed by atoms with Gasteiger partial charge in [0.1, 0.15) is 11.4 Å². The molecule has 3 heterocycles. The molecule has 0 aliphatic carbocycles. The molecule has 1 amide bonds. The van der Waals surface area contributed by atoms with Crippen LogP contribution in [0.1, 0.15) is 16.1 Å². The van der Waals surface area contributed by atoms with Crippen molar-refractivity contribution in [3.63, 3.8) is 0 Å². The normalized spacial score (nSPS) is 10.5. The largest absolute Gasteiger partial charge is 0.496 e. The van der Waals surface area contributed by atoms with Crippen LogP contribution in [0.15, 0.2) is 73.2 Å². The van der Waals surface area contributed by atoms with Gasteiger partial charge in [-0.1, -0.05) is 18.2 Å². The first-order valence-corrected chi connectivity index (χ1v) is 9.07. The molecular weight excluding hydrogens is 366 g/mol. The zero-order valence-electron chi connectivity index (χ0n) is 15.8. The van der Waals surface area contributed by atoms with E-state index in [4.69, 9.17) is 4.74 Å². The standard InChI is InChI=1S/C22H19N5O2/c1-29-20-9-3-2-8-17(20)18-12-19(27-26-18)22(28)25-14-16-7-5-11-24-21(16)15-6-4-10-23-13-15/h2-13H,14H2,1H3,(H,25,28)(H,26,27). The maximum Gasteiger partial charge on any atom is 0.269 e. The van der Waals surface area contributed by atoms with Gasteiger partial charge in [-0.15, -0.1) is 0 Å². The van der Waals surface area contributed by atoms with Crippen LogP contribution in [0.4, 0.5) is 0 Å². The summed E-state index contributed by atoms with van der Waals surface area (Å²) in [6.45, 7) is 0.333. The Bertz CT molecular complexity index is 1120.